The zero-order valence-electron chi connectivity index (χ0n) is 8.13. The molecule has 76 valence electrons. The van der Waals surface area contributed by atoms with Gasteiger partial charge in [-0.3, -0.25) is 0 Å². The van der Waals surface area contributed by atoms with E-state index in [0.717, 1.165) is 0 Å². The van der Waals surface area contributed by atoms with E-state index < -0.39 is 0 Å². The highest BCUT2D eigenvalue weighted by Crippen LogP contribution is 2.27. The van der Waals surface area contributed by atoms with E-state index in [-0.39, 0.29) is 5.92 Å². The van der Waals surface area contributed by atoms with Crippen molar-refractivity contribution >= 4 is 23.2 Å². The fraction of sp³-hybridized carbons (Fsp3) is 0.273. The molecule has 0 aliphatic rings. The Labute approximate surface area is 94.3 Å². The van der Waals surface area contributed by atoms with Gasteiger partial charge in [-0.2, -0.15) is 0 Å². The highest BCUT2D eigenvalue weighted by atomic mass is 35.5. The second-order valence-corrected chi connectivity index (χ2v) is 3.82. The monoisotopic (exact) mass is 230 g/mol. The molecular weight excluding hydrogens is 219 g/mol. The molecule has 1 aromatic rings. The van der Waals surface area contributed by atoms with Crippen molar-refractivity contribution in [2.75, 3.05) is 0 Å². The fourth-order valence-corrected chi connectivity index (χ4v) is 1.39. The first-order chi connectivity index (χ1) is 6.65. The summed E-state index contributed by atoms with van der Waals surface area (Å²) >= 11 is 11.6. The van der Waals surface area contributed by atoms with Crippen molar-refractivity contribution in [1.82, 2.24) is 0 Å². The minimum Gasteiger partial charge on any atom is -0.459 e. The first-order valence-electron chi connectivity index (χ1n) is 4.37. The maximum atomic E-state index is 5.93. The Morgan fingerprint density at radius 3 is 2.50 bits per heavy atom. The van der Waals surface area contributed by atoms with Crippen molar-refractivity contribution in [1.29, 1.82) is 0 Å². The van der Waals surface area contributed by atoms with E-state index in [1.807, 2.05) is 32.0 Å². The van der Waals surface area contributed by atoms with Crippen molar-refractivity contribution in [2.45, 2.75) is 13.8 Å². The Hall–Kier alpha value is -0.660. The summed E-state index contributed by atoms with van der Waals surface area (Å²) in [5.74, 6) is 1.58. The summed E-state index contributed by atoms with van der Waals surface area (Å²) in [5, 5.41) is 0.587. The molecule has 0 atom stereocenters. The molecule has 0 spiro atoms. The van der Waals surface area contributed by atoms with Crippen molar-refractivity contribution in [2.24, 2.45) is 5.92 Å². The topological polar surface area (TPSA) is 9.23 Å². The number of allylic oxidation sites excluding steroid dienone is 1. The van der Waals surface area contributed by atoms with Crippen LogP contribution in [0.3, 0.4) is 0 Å². The fourth-order valence-electron chi connectivity index (χ4n) is 0.921. The molecule has 0 bridgehead atoms. The van der Waals surface area contributed by atoms with E-state index in [1.54, 1.807) is 6.07 Å². The van der Waals surface area contributed by atoms with Gasteiger partial charge in [-0.1, -0.05) is 49.2 Å². The molecule has 0 unspecified atom stereocenters. The molecule has 0 heterocycles. The van der Waals surface area contributed by atoms with E-state index in [2.05, 4.69) is 0 Å². The second-order valence-electron chi connectivity index (χ2n) is 3.20. The lowest BCUT2D eigenvalue weighted by Crippen LogP contribution is -2.02. The molecule has 0 aliphatic carbocycles. The quantitative estimate of drug-likeness (QED) is 0.698. The number of rotatable bonds is 3. The van der Waals surface area contributed by atoms with Crippen LogP contribution in [0.5, 0.6) is 5.75 Å². The maximum absolute atomic E-state index is 5.93. The highest BCUT2D eigenvalue weighted by molar-refractivity contribution is 6.32. The highest BCUT2D eigenvalue weighted by Gasteiger charge is 2.07. The first-order valence-corrected chi connectivity index (χ1v) is 5.19. The number of ether oxygens (including phenoxy) is 1. The van der Waals surface area contributed by atoms with Crippen LogP contribution in [0.15, 0.2) is 35.6 Å². The molecule has 0 amide bonds. The average molecular weight is 231 g/mol. The summed E-state index contributed by atoms with van der Waals surface area (Å²) in [5.41, 5.74) is 1.44. The van der Waals surface area contributed by atoms with E-state index >= 15 is 0 Å². The summed E-state index contributed by atoms with van der Waals surface area (Å²) in [4.78, 5) is 0. The number of hydrogen-bond acceptors (Lipinski definition) is 1. The third kappa shape index (κ3) is 2.93. The van der Waals surface area contributed by atoms with Crippen LogP contribution in [-0.4, -0.2) is 0 Å². The molecule has 0 saturated carbocycles. The molecule has 0 radical (unpaired) electrons. The van der Waals surface area contributed by atoms with Gasteiger partial charge in [0.2, 0.25) is 0 Å². The predicted molar refractivity (Wildman–Crippen MR) is 60.9 cm³/mol. The molecule has 0 aromatic heterocycles. The van der Waals surface area contributed by atoms with Crippen LogP contribution in [0.4, 0.5) is 0 Å². The minimum atomic E-state index is 0.240. The number of halogens is 2. The Kier molecular flexibility index (Phi) is 4.30. The third-order valence-corrected chi connectivity index (χ3v) is 2.27. The van der Waals surface area contributed by atoms with Gasteiger partial charge in [-0.15, -0.1) is 0 Å². The summed E-state index contributed by atoms with van der Waals surface area (Å²) in [7, 11) is 0. The number of hydrogen-bond donors (Lipinski definition) is 0. The molecule has 1 nitrogen and oxygen atoms in total. The van der Waals surface area contributed by atoms with Gasteiger partial charge < -0.3 is 4.74 Å². The molecular formula is C11H12Cl2O. The normalized spacial score (nSPS) is 11.9. The Bertz CT molecular complexity index is 332. The second kappa shape index (κ2) is 5.28. The summed E-state index contributed by atoms with van der Waals surface area (Å²) in [6, 6.07) is 7.32. The van der Waals surface area contributed by atoms with Gasteiger partial charge in [0.25, 0.3) is 0 Å². The van der Waals surface area contributed by atoms with Crippen molar-refractivity contribution in [3.8, 4) is 5.75 Å². The van der Waals surface area contributed by atoms with Gasteiger partial charge in [0.1, 0.15) is 11.5 Å². The summed E-state index contributed by atoms with van der Waals surface area (Å²) < 4.78 is 5.55. The van der Waals surface area contributed by atoms with Crippen LogP contribution in [0.2, 0.25) is 5.02 Å². The Morgan fingerprint density at radius 1 is 1.36 bits per heavy atom. The van der Waals surface area contributed by atoms with Crippen LogP contribution >= 0.6 is 23.2 Å². The SMILES string of the molecule is CC(C)C(=CCl)Oc1ccccc1Cl. The van der Waals surface area contributed by atoms with E-state index in [0.29, 0.717) is 16.5 Å². The van der Waals surface area contributed by atoms with E-state index in [9.17, 15) is 0 Å². The summed E-state index contributed by atoms with van der Waals surface area (Å²) in [6.45, 7) is 4.01. The lowest BCUT2D eigenvalue weighted by Gasteiger charge is -2.12. The van der Waals surface area contributed by atoms with E-state index in [1.165, 1.54) is 5.54 Å². The molecule has 14 heavy (non-hydrogen) atoms. The molecule has 0 fully saturated rings. The van der Waals surface area contributed by atoms with Crippen molar-refractivity contribution in [3.63, 3.8) is 0 Å². The van der Waals surface area contributed by atoms with Gasteiger partial charge in [-0.05, 0) is 12.1 Å². The van der Waals surface area contributed by atoms with Gasteiger partial charge >= 0.3 is 0 Å². The molecule has 0 N–H and O–H groups in total. The Morgan fingerprint density at radius 2 is 2.00 bits per heavy atom. The van der Waals surface area contributed by atoms with Gasteiger partial charge in [-0.25, -0.2) is 0 Å². The third-order valence-electron chi connectivity index (χ3n) is 1.74. The Balaban J connectivity index is 2.83. The summed E-state index contributed by atoms with van der Waals surface area (Å²) in [6.07, 6.45) is 0. The molecule has 0 aliphatic heterocycles. The molecule has 3 heteroatoms. The molecule has 1 aromatic carbocycles. The van der Waals surface area contributed by atoms with Crippen LogP contribution in [0.1, 0.15) is 13.8 Å². The predicted octanol–water partition coefficient (Wildman–Crippen LogP) is 4.46. The van der Waals surface area contributed by atoms with Crippen LogP contribution < -0.4 is 4.74 Å². The zero-order chi connectivity index (χ0) is 10.6. The first kappa shape index (κ1) is 11.4. The van der Waals surface area contributed by atoms with Crippen LogP contribution in [0.25, 0.3) is 0 Å². The minimum absolute atomic E-state index is 0.240. The van der Waals surface area contributed by atoms with Gasteiger partial charge in [0.15, 0.2) is 0 Å². The van der Waals surface area contributed by atoms with Gasteiger partial charge in [0, 0.05) is 11.5 Å². The van der Waals surface area contributed by atoms with Crippen LogP contribution in [-0.2, 0) is 0 Å². The lowest BCUT2D eigenvalue weighted by molar-refractivity contribution is 0.370. The number of para-hydroxylation sites is 1. The van der Waals surface area contributed by atoms with Gasteiger partial charge in [0.05, 0.1) is 5.02 Å². The van der Waals surface area contributed by atoms with Crippen LogP contribution in [0, 0.1) is 5.92 Å². The van der Waals surface area contributed by atoms with Crippen molar-refractivity contribution in [3.05, 3.63) is 40.6 Å². The largest absolute Gasteiger partial charge is 0.459 e. The molecule has 1 rings (SSSR count). The standard InChI is InChI=1S/C11H12Cl2O/c1-8(2)11(7-12)14-10-6-4-3-5-9(10)13/h3-8H,1-2H3. The average Bonchev–Trinajstić information content (AvgIpc) is 2.16. The molecule has 0 saturated heterocycles. The zero-order valence-corrected chi connectivity index (χ0v) is 9.64. The lowest BCUT2D eigenvalue weighted by atomic mass is 10.2. The number of benzene rings is 1. The van der Waals surface area contributed by atoms with E-state index in [4.69, 9.17) is 27.9 Å². The maximum Gasteiger partial charge on any atom is 0.145 e. The van der Waals surface area contributed by atoms with Crippen molar-refractivity contribution < 1.29 is 4.74 Å². The smallest absolute Gasteiger partial charge is 0.145 e.